The summed E-state index contributed by atoms with van der Waals surface area (Å²) < 4.78 is 15.3. The number of hydrogen-bond acceptors (Lipinski definition) is 9. The first-order valence-electron chi connectivity index (χ1n) is 15.6. The molecule has 0 atom stereocenters. The van der Waals surface area contributed by atoms with Gasteiger partial charge in [0.15, 0.2) is 17.3 Å². The normalized spacial score (nSPS) is 14.2. The molecule has 2 saturated carbocycles. The average Bonchev–Trinajstić information content (AvgIpc) is 3.89. The van der Waals surface area contributed by atoms with E-state index in [4.69, 9.17) is 49.0 Å². The summed E-state index contributed by atoms with van der Waals surface area (Å²) in [4.78, 5) is 36.1. The molecule has 0 unspecified atom stereocenters. The molecule has 0 aliphatic heterocycles. The van der Waals surface area contributed by atoms with E-state index in [1.807, 2.05) is 0 Å². The fourth-order valence-electron chi connectivity index (χ4n) is 5.37. The lowest BCUT2D eigenvalue weighted by molar-refractivity contribution is 0.0884. The summed E-state index contributed by atoms with van der Waals surface area (Å²) in [6.45, 7) is 3.56. The van der Waals surface area contributed by atoms with Crippen LogP contribution in [0.3, 0.4) is 0 Å². The standard InChI is InChI=1S/C14H17ClO3.C11H11ClO3.C11H13ClO3/c1-18-14-11(7-10(16)8-12(14)15)13(17)9-5-3-2-4-6-9;1-15-11-8(10(14)6-2-3-6)4-7(13)5-9(11)12;1-6(2)10(14)8-4-7(13)5-9(12)11(8)15-3/h7-9,16H,2-6H2,1H3;4-6,13H,2-3H2,1H3;4-6,13H,1-3H3. The molecule has 48 heavy (non-hydrogen) atoms. The largest absolute Gasteiger partial charge is 0.508 e. The Kier molecular flexibility index (Phi) is 14.3. The molecule has 0 radical (unpaired) electrons. The van der Waals surface area contributed by atoms with Crippen LogP contribution in [-0.2, 0) is 0 Å². The molecular formula is C36H41Cl3O9. The summed E-state index contributed by atoms with van der Waals surface area (Å²) in [6.07, 6.45) is 7.02. The molecule has 5 rings (SSSR count). The van der Waals surface area contributed by atoms with Crippen molar-refractivity contribution in [1.29, 1.82) is 0 Å². The van der Waals surface area contributed by atoms with Crippen LogP contribution in [-0.4, -0.2) is 54.0 Å². The molecule has 9 nitrogen and oxygen atoms in total. The minimum absolute atomic E-state index is 0.0000376. The molecule has 2 fully saturated rings. The van der Waals surface area contributed by atoms with E-state index >= 15 is 0 Å². The third kappa shape index (κ3) is 9.94. The van der Waals surface area contributed by atoms with E-state index in [-0.39, 0.29) is 67.4 Å². The van der Waals surface area contributed by atoms with Gasteiger partial charge in [0, 0.05) is 36.0 Å². The molecule has 2 aliphatic carbocycles. The highest BCUT2D eigenvalue weighted by atomic mass is 35.5. The zero-order valence-corrected chi connectivity index (χ0v) is 29.8. The molecule has 0 bridgehead atoms. The predicted molar refractivity (Wildman–Crippen MR) is 186 cm³/mol. The number of Topliss-reactive ketones (excluding diaryl/α,β-unsaturated/α-hetero) is 3. The maximum atomic E-state index is 12.4. The number of carbonyl (C=O) groups is 3. The van der Waals surface area contributed by atoms with Crippen LogP contribution in [0.15, 0.2) is 36.4 Å². The minimum Gasteiger partial charge on any atom is -0.508 e. The highest BCUT2D eigenvalue weighted by Crippen LogP contribution is 2.40. The smallest absolute Gasteiger partial charge is 0.169 e. The van der Waals surface area contributed by atoms with Crippen LogP contribution >= 0.6 is 34.8 Å². The van der Waals surface area contributed by atoms with Crippen molar-refractivity contribution in [2.45, 2.75) is 58.8 Å². The second-order valence-corrected chi connectivity index (χ2v) is 13.1. The number of phenolic OH excluding ortho intramolecular Hbond substituents is 3. The molecule has 0 aromatic heterocycles. The highest BCUT2D eigenvalue weighted by Gasteiger charge is 2.33. The van der Waals surface area contributed by atoms with Crippen LogP contribution in [0.1, 0.15) is 89.9 Å². The van der Waals surface area contributed by atoms with E-state index in [0.29, 0.717) is 33.9 Å². The molecule has 2 aliphatic rings. The van der Waals surface area contributed by atoms with Crippen LogP contribution in [0.5, 0.6) is 34.5 Å². The summed E-state index contributed by atoms with van der Waals surface area (Å²) in [5, 5.41) is 29.1. The maximum Gasteiger partial charge on any atom is 0.169 e. The van der Waals surface area contributed by atoms with Crippen LogP contribution in [0, 0.1) is 17.8 Å². The molecule has 0 saturated heterocycles. The summed E-state index contributed by atoms with van der Waals surface area (Å²) in [5.41, 5.74) is 1.09. The molecule has 3 N–H and O–H groups in total. The van der Waals surface area contributed by atoms with Crippen LogP contribution in [0.25, 0.3) is 0 Å². The van der Waals surface area contributed by atoms with Gasteiger partial charge < -0.3 is 29.5 Å². The Balaban J connectivity index is 0.000000197. The summed E-state index contributed by atoms with van der Waals surface area (Å²) >= 11 is 17.7. The molecule has 260 valence electrons. The van der Waals surface area contributed by atoms with Crippen molar-refractivity contribution in [3.63, 3.8) is 0 Å². The summed E-state index contributed by atoms with van der Waals surface area (Å²) in [6, 6.07) is 8.32. The van der Waals surface area contributed by atoms with Gasteiger partial charge in [-0.25, -0.2) is 0 Å². The molecule has 0 amide bonds. The Morgan fingerprint density at radius 1 is 0.583 bits per heavy atom. The van der Waals surface area contributed by atoms with Crippen LogP contribution in [0.2, 0.25) is 15.1 Å². The third-order valence-electron chi connectivity index (χ3n) is 7.94. The van der Waals surface area contributed by atoms with Gasteiger partial charge in [0.2, 0.25) is 0 Å². The predicted octanol–water partition coefficient (Wildman–Crippen LogP) is 9.36. The number of hydrogen-bond donors (Lipinski definition) is 3. The van der Waals surface area contributed by atoms with Gasteiger partial charge in [-0.1, -0.05) is 67.9 Å². The number of ketones is 3. The SMILES string of the molecule is COc1c(Cl)cc(O)cc1C(=O)C(C)C.COc1c(Cl)cc(O)cc1C(=O)C1CC1.COc1c(Cl)cc(O)cc1C(=O)C1CCCCC1. The number of rotatable bonds is 9. The Labute approximate surface area is 295 Å². The second kappa shape index (κ2) is 17.7. The maximum absolute atomic E-state index is 12.4. The van der Waals surface area contributed by atoms with Crippen molar-refractivity contribution in [2.75, 3.05) is 21.3 Å². The summed E-state index contributed by atoms with van der Waals surface area (Å²) in [7, 11) is 4.38. The topological polar surface area (TPSA) is 140 Å². The first-order chi connectivity index (χ1) is 22.7. The van der Waals surface area contributed by atoms with Gasteiger partial charge in [0.05, 0.1) is 53.1 Å². The molecular weight excluding hydrogens is 683 g/mol. The van der Waals surface area contributed by atoms with E-state index < -0.39 is 0 Å². The van der Waals surface area contributed by atoms with Gasteiger partial charge in [0.25, 0.3) is 0 Å². The number of phenols is 3. The number of carbonyl (C=O) groups excluding carboxylic acids is 3. The van der Waals surface area contributed by atoms with E-state index in [1.165, 1.54) is 64.1 Å². The molecule has 0 spiro atoms. The quantitative estimate of drug-likeness (QED) is 0.184. The monoisotopic (exact) mass is 722 g/mol. The Bertz CT molecular complexity index is 1560. The van der Waals surface area contributed by atoms with Crippen molar-refractivity contribution in [3.8, 4) is 34.5 Å². The van der Waals surface area contributed by atoms with E-state index in [1.54, 1.807) is 13.8 Å². The minimum atomic E-state index is -0.170. The highest BCUT2D eigenvalue weighted by molar-refractivity contribution is 6.33. The van der Waals surface area contributed by atoms with Crippen molar-refractivity contribution in [2.24, 2.45) is 17.8 Å². The van der Waals surface area contributed by atoms with Gasteiger partial charge in [-0.15, -0.1) is 0 Å². The van der Waals surface area contributed by atoms with Crippen LogP contribution < -0.4 is 14.2 Å². The lowest BCUT2D eigenvalue weighted by Gasteiger charge is -2.21. The van der Waals surface area contributed by atoms with Crippen LogP contribution in [0.4, 0.5) is 0 Å². The number of ether oxygens (including phenoxy) is 3. The fraction of sp³-hybridized carbons (Fsp3) is 0.417. The van der Waals surface area contributed by atoms with E-state index in [2.05, 4.69) is 0 Å². The first-order valence-corrected chi connectivity index (χ1v) is 16.7. The summed E-state index contributed by atoms with van der Waals surface area (Å²) in [5.74, 6) is 0.858. The number of halogens is 3. The Morgan fingerprint density at radius 2 is 0.917 bits per heavy atom. The lowest BCUT2D eigenvalue weighted by atomic mass is 9.83. The number of aromatic hydroxyl groups is 3. The van der Waals surface area contributed by atoms with Crippen molar-refractivity contribution in [3.05, 3.63) is 68.2 Å². The average molecular weight is 724 g/mol. The fourth-order valence-corrected chi connectivity index (χ4v) is 6.24. The number of methoxy groups -OCH3 is 3. The molecule has 0 heterocycles. The molecule has 12 heteroatoms. The van der Waals surface area contributed by atoms with Crippen molar-refractivity contribution < 1.29 is 43.9 Å². The zero-order valence-electron chi connectivity index (χ0n) is 27.6. The first kappa shape index (κ1) is 38.8. The van der Waals surface area contributed by atoms with Gasteiger partial charge >= 0.3 is 0 Å². The van der Waals surface area contributed by atoms with Gasteiger partial charge in [-0.05, 0) is 43.9 Å². The van der Waals surface area contributed by atoms with Gasteiger partial charge in [0.1, 0.15) is 34.5 Å². The Hall–Kier alpha value is -3.66. The van der Waals surface area contributed by atoms with Gasteiger partial charge in [-0.2, -0.15) is 0 Å². The van der Waals surface area contributed by atoms with Crippen molar-refractivity contribution >= 4 is 52.2 Å². The third-order valence-corrected chi connectivity index (χ3v) is 8.78. The zero-order chi connectivity index (χ0) is 35.7. The van der Waals surface area contributed by atoms with E-state index in [9.17, 15) is 29.7 Å². The second-order valence-electron chi connectivity index (χ2n) is 11.9. The molecule has 3 aromatic carbocycles. The van der Waals surface area contributed by atoms with E-state index in [0.717, 1.165) is 38.5 Å². The molecule has 3 aromatic rings. The van der Waals surface area contributed by atoms with Gasteiger partial charge in [-0.3, -0.25) is 14.4 Å². The Morgan fingerprint density at radius 3 is 1.25 bits per heavy atom. The lowest BCUT2D eigenvalue weighted by Crippen LogP contribution is -2.18. The number of benzene rings is 3. The van der Waals surface area contributed by atoms with Crippen molar-refractivity contribution in [1.82, 2.24) is 0 Å².